The Bertz CT molecular complexity index is 1340. The Balaban J connectivity index is 2.22. The molecule has 1 heterocycles. The number of hydrogen-bond acceptors (Lipinski definition) is 2. The molecule has 1 radical (unpaired) electrons. The van der Waals surface area contributed by atoms with Gasteiger partial charge in [-0.05, 0) is 44.1 Å². The highest BCUT2D eigenvalue weighted by Gasteiger charge is 2.13. The molecular weight excluding hydrogens is 1080 g/mol. The molecule has 0 saturated heterocycles. The van der Waals surface area contributed by atoms with Crippen molar-refractivity contribution in [3.8, 4) is 0 Å². The summed E-state index contributed by atoms with van der Waals surface area (Å²) in [5, 5.41) is 0. The number of aryl methyl sites for hydroxylation is 2. The Morgan fingerprint density at radius 1 is 0.144 bits per heavy atom. The summed E-state index contributed by atoms with van der Waals surface area (Å²) in [4.78, 5) is 9.79. The zero-order valence-corrected chi connectivity index (χ0v) is 63.2. The monoisotopic (exact) mass is 1260 g/mol. The number of unbranched alkanes of at least 4 members (excludes halogenated alkanes) is 75. The van der Waals surface area contributed by atoms with Gasteiger partial charge in [0.1, 0.15) is 0 Å². The Morgan fingerprint density at radius 2 is 0.256 bits per heavy atom. The topological polar surface area (TPSA) is 25.8 Å². The third-order valence-corrected chi connectivity index (χ3v) is 21.4. The van der Waals surface area contributed by atoms with Crippen molar-refractivity contribution >= 4 is 0 Å². The first-order valence-corrected chi connectivity index (χ1v) is 43.6. The van der Waals surface area contributed by atoms with E-state index in [2.05, 4.69) is 27.1 Å². The van der Waals surface area contributed by atoms with E-state index in [9.17, 15) is 0 Å². The Hall–Kier alpha value is -0.920. The van der Waals surface area contributed by atoms with Crippen LogP contribution < -0.4 is 0 Å². The van der Waals surface area contributed by atoms with E-state index in [-0.39, 0.29) is 0 Å². The van der Waals surface area contributed by atoms with Crippen molar-refractivity contribution in [2.45, 2.75) is 541 Å². The number of rotatable bonds is 81. The Labute approximate surface area is 571 Å². The van der Waals surface area contributed by atoms with Gasteiger partial charge in [0.2, 0.25) is 0 Å². The SMILES string of the molecule is CCCCCCCCCCCCCCCCCCCCCCCCCCCCc1n[c]nc(CCCCCCCCCCCCCCCCCCCCCCCCCCCC)c1CCCCCCCCCCCCCCCCCCCCCCCCCCCC. The predicted molar refractivity (Wildman–Crippen MR) is 409 cm³/mol. The number of aromatic nitrogens is 2. The molecule has 90 heavy (non-hydrogen) atoms. The average Bonchev–Trinajstić information content (AvgIpc) is 2.01. The van der Waals surface area contributed by atoms with Crippen LogP contribution in [-0.4, -0.2) is 9.97 Å². The van der Waals surface area contributed by atoms with Crippen molar-refractivity contribution in [1.29, 1.82) is 0 Å². The zero-order chi connectivity index (χ0) is 64.1. The van der Waals surface area contributed by atoms with Crippen LogP contribution in [0.5, 0.6) is 0 Å². The van der Waals surface area contributed by atoms with Crippen molar-refractivity contribution in [2.24, 2.45) is 0 Å². The quantitative estimate of drug-likeness (QED) is 0.0608. The van der Waals surface area contributed by atoms with E-state index in [0.29, 0.717) is 0 Å². The van der Waals surface area contributed by atoms with E-state index in [4.69, 9.17) is 9.97 Å². The third kappa shape index (κ3) is 68.5. The second kappa shape index (κ2) is 78.8. The van der Waals surface area contributed by atoms with Gasteiger partial charge in [0.15, 0.2) is 6.33 Å². The van der Waals surface area contributed by atoms with Crippen LogP contribution in [0.15, 0.2) is 0 Å². The van der Waals surface area contributed by atoms with Crippen LogP contribution in [0.4, 0.5) is 0 Å². The van der Waals surface area contributed by atoms with Crippen molar-refractivity contribution in [3.05, 3.63) is 23.3 Å². The molecule has 2 nitrogen and oxygen atoms in total. The van der Waals surface area contributed by atoms with Crippen LogP contribution in [0.25, 0.3) is 0 Å². The van der Waals surface area contributed by atoms with E-state index >= 15 is 0 Å². The summed E-state index contributed by atoms with van der Waals surface area (Å²) in [6.45, 7) is 6.96. The molecule has 0 aliphatic heterocycles. The lowest BCUT2D eigenvalue weighted by molar-refractivity contribution is 0.514. The molecular formula is C88H171N2. The summed E-state index contributed by atoms with van der Waals surface area (Å²) in [6, 6.07) is 0. The normalized spacial score (nSPS) is 11.8. The molecule has 1 rings (SSSR count). The summed E-state index contributed by atoms with van der Waals surface area (Å²) in [6.07, 6.45) is 120. The average molecular weight is 1260 g/mol. The smallest absolute Gasteiger partial charge is 0.198 e. The first-order valence-electron chi connectivity index (χ1n) is 43.6. The largest absolute Gasteiger partial charge is 0.230 e. The van der Waals surface area contributed by atoms with Crippen molar-refractivity contribution in [2.75, 3.05) is 0 Å². The molecule has 0 aliphatic carbocycles. The van der Waals surface area contributed by atoms with Gasteiger partial charge in [-0.1, -0.05) is 502 Å². The van der Waals surface area contributed by atoms with Crippen molar-refractivity contribution in [3.63, 3.8) is 0 Å². The van der Waals surface area contributed by atoms with Crippen molar-refractivity contribution < 1.29 is 0 Å². The third-order valence-electron chi connectivity index (χ3n) is 21.4. The molecule has 0 atom stereocenters. The molecule has 0 aliphatic rings. The highest BCUT2D eigenvalue weighted by molar-refractivity contribution is 5.25. The Kier molecular flexibility index (Phi) is 76.2. The van der Waals surface area contributed by atoms with E-state index in [0.717, 1.165) is 12.8 Å². The van der Waals surface area contributed by atoms with Gasteiger partial charge in [-0.2, -0.15) is 0 Å². The van der Waals surface area contributed by atoms with Crippen LogP contribution in [-0.2, 0) is 19.3 Å². The number of nitrogens with zero attached hydrogens (tertiary/aromatic N) is 2. The van der Waals surface area contributed by atoms with E-state index < -0.39 is 0 Å². The molecule has 533 valence electrons. The highest BCUT2D eigenvalue weighted by Crippen LogP contribution is 2.24. The fourth-order valence-electron chi connectivity index (χ4n) is 15.0. The van der Waals surface area contributed by atoms with Crippen LogP contribution in [0, 0.1) is 6.33 Å². The lowest BCUT2D eigenvalue weighted by Crippen LogP contribution is -2.07. The minimum atomic E-state index is 1.14. The van der Waals surface area contributed by atoms with E-state index in [1.165, 1.54) is 524 Å². The lowest BCUT2D eigenvalue weighted by Gasteiger charge is -2.13. The van der Waals surface area contributed by atoms with Gasteiger partial charge >= 0.3 is 0 Å². The highest BCUT2D eigenvalue weighted by atomic mass is 14.8. The van der Waals surface area contributed by atoms with Gasteiger partial charge in [0, 0.05) is 11.4 Å². The van der Waals surface area contributed by atoms with Crippen LogP contribution in [0.3, 0.4) is 0 Å². The van der Waals surface area contributed by atoms with Crippen LogP contribution in [0.2, 0.25) is 0 Å². The molecule has 0 spiro atoms. The van der Waals surface area contributed by atoms with Gasteiger partial charge in [-0.25, -0.2) is 9.97 Å². The maximum atomic E-state index is 4.90. The molecule has 0 saturated carbocycles. The Morgan fingerprint density at radius 3 is 0.389 bits per heavy atom. The molecule has 1 aromatic heterocycles. The molecule has 0 amide bonds. The predicted octanol–water partition coefficient (Wildman–Crippen LogP) is 32.4. The van der Waals surface area contributed by atoms with Gasteiger partial charge in [0.25, 0.3) is 0 Å². The molecule has 0 fully saturated rings. The summed E-state index contributed by atoms with van der Waals surface area (Å²) in [5.41, 5.74) is 4.26. The first-order chi connectivity index (χ1) is 44.8. The standard InChI is InChI=1S/C88H171N2/c1-4-7-10-13-16-19-22-25-28-31-34-37-40-43-46-49-52-55-58-61-64-67-70-73-76-79-82-86-87(83-80-77-74-71-68-65-62-59-56-53-50-47-44-41-38-35-32-29-26-23-20-17-14-11-8-5-2)89-85-90-88(86)84-81-78-75-72-69-66-63-60-57-54-51-48-45-42-39-36-33-30-27-24-21-18-15-12-9-6-3/h4-84H2,1-3H3. The first kappa shape index (κ1) is 87.1. The van der Waals surface area contributed by atoms with Gasteiger partial charge in [-0.3, -0.25) is 0 Å². The van der Waals surface area contributed by atoms with Gasteiger partial charge in [0.05, 0.1) is 0 Å². The minimum absolute atomic E-state index is 1.14. The maximum Gasteiger partial charge on any atom is 0.198 e. The zero-order valence-electron chi connectivity index (χ0n) is 63.2. The fourth-order valence-corrected chi connectivity index (χ4v) is 15.0. The lowest BCUT2D eigenvalue weighted by atomic mass is 9.96. The van der Waals surface area contributed by atoms with Crippen LogP contribution in [0.1, 0.15) is 539 Å². The van der Waals surface area contributed by atoms with E-state index in [1.54, 1.807) is 0 Å². The fraction of sp³-hybridized carbons (Fsp3) is 0.955. The number of hydrogen-bond donors (Lipinski definition) is 0. The summed E-state index contributed by atoms with van der Waals surface area (Å²) >= 11 is 0. The van der Waals surface area contributed by atoms with Crippen LogP contribution >= 0.6 is 0 Å². The summed E-state index contributed by atoms with van der Waals surface area (Å²) in [7, 11) is 0. The van der Waals surface area contributed by atoms with Gasteiger partial charge in [-0.15, -0.1) is 0 Å². The molecule has 0 aromatic carbocycles. The van der Waals surface area contributed by atoms with E-state index in [1.807, 2.05) is 0 Å². The van der Waals surface area contributed by atoms with Gasteiger partial charge < -0.3 is 0 Å². The molecule has 0 bridgehead atoms. The summed E-state index contributed by atoms with van der Waals surface area (Å²) in [5.74, 6) is 0. The molecule has 2 heteroatoms. The second-order valence-corrected chi connectivity index (χ2v) is 30.5. The minimum Gasteiger partial charge on any atom is -0.230 e. The molecule has 1 aromatic rings. The maximum absolute atomic E-state index is 4.90. The second-order valence-electron chi connectivity index (χ2n) is 30.5. The van der Waals surface area contributed by atoms with Crippen molar-refractivity contribution in [1.82, 2.24) is 9.97 Å². The molecule has 0 N–H and O–H groups in total. The summed E-state index contributed by atoms with van der Waals surface area (Å²) < 4.78 is 0. The molecule has 0 unspecified atom stereocenters.